The van der Waals surface area contributed by atoms with Gasteiger partial charge in [0.2, 0.25) is 10.0 Å². The quantitative estimate of drug-likeness (QED) is 0.840. The lowest BCUT2D eigenvalue weighted by Crippen LogP contribution is -2.48. The molecule has 0 radical (unpaired) electrons. The van der Waals surface area contributed by atoms with Gasteiger partial charge >= 0.3 is 0 Å². The van der Waals surface area contributed by atoms with E-state index in [9.17, 15) is 13.5 Å². The van der Waals surface area contributed by atoms with Crippen LogP contribution in [0.5, 0.6) is 0 Å². The van der Waals surface area contributed by atoms with Crippen LogP contribution < -0.4 is 0 Å². The molecule has 1 saturated heterocycles. The predicted molar refractivity (Wildman–Crippen MR) is 81.5 cm³/mol. The third-order valence-corrected chi connectivity index (χ3v) is 5.84. The first kappa shape index (κ1) is 16.5. The summed E-state index contributed by atoms with van der Waals surface area (Å²) in [6.07, 6.45) is 2.71. The van der Waals surface area contributed by atoms with Gasteiger partial charge in [-0.05, 0) is 26.0 Å². The molecule has 0 aliphatic carbocycles. The Morgan fingerprint density at radius 3 is 2.33 bits per heavy atom. The first-order valence-electron chi connectivity index (χ1n) is 7.55. The van der Waals surface area contributed by atoms with Crippen molar-refractivity contribution in [3.63, 3.8) is 0 Å². The number of sulfonamides is 1. The summed E-state index contributed by atoms with van der Waals surface area (Å²) in [4.78, 5) is 2.58. The SMILES string of the molecule is CCCN1CCN(S(=O)(=O)c2cc(CO)n(CC)c2)CC1. The van der Waals surface area contributed by atoms with E-state index in [1.54, 1.807) is 21.1 Å². The maximum absolute atomic E-state index is 12.7. The molecule has 0 amide bonds. The minimum atomic E-state index is -3.45. The third kappa shape index (κ3) is 3.48. The molecule has 0 atom stereocenters. The van der Waals surface area contributed by atoms with E-state index in [-0.39, 0.29) is 11.5 Å². The molecule has 2 rings (SSSR count). The number of piperazine rings is 1. The van der Waals surface area contributed by atoms with Crippen LogP contribution in [0, 0.1) is 0 Å². The Labute approximate surface area is 127 Å². The Morgan fingerprint density at radius 2 is 1.86 bits per heavy atom. The zero-order valence-corrected chi connectivity index (χ0v) is 13.6. The van der Waals surface area contributed by atoms with E-state index < -0.39 is 10.0 Å². The van der Waals surface area contributed by atoms with Gasteiger partial charge in [0.15, 0.2) is 0 Å². The second-order valence-corrected chi connectivity index (χ2v) is 7.29. The summed E-state index contributed by atoms with van der Waals surface area (Å²) in [5.41, 5.74) is 0.640. The molecular formula is C14H25N3O3S. The number of nitrogens with zero attached hydrogens (tertiary/aromatic N) is 3. The number of hydrogen-bond donors (Lipinski definition) is 1. The second-order valence-electron chi connectivity index (χ2n) is 5.36. The Balaban J connectivity index is 2.13. The maximum Gasteiger partial charge on any atom is 0.244 e. The molecular weight excluding hydrogens is 290 g/mol. The summed E-state index contributed by atoms with van der Waals surface area (Å²) in [5.74, 6) is 0. The van der Waals surface area contributed by atoms with Crippen LogP contribution in [0.1, 0.15) is 26.0 Å². The van der Waals surface area contributed by atoms with Crippen molar-refractivity contribution in [2.24, 2.45) is 0 Å². The fourth-order valence-electron chi connectivity index (χ4n) is 2.75. The zero-order valence-electron chi connectivity index (χ0n) is 12.8. The van der Waals surface area contributed by atoms with Crippen LogP contribution in [0.3, 0.4) is 0 Å². The molecule has 0 spiro atoms. The van der Waals surface area contributed by atoms with Crippen LogP contribution in [0.2, 0.25) is 0 Å². The monoisotopic (exact) mass is 315 g/mol. The fourth-order valence-corrected chi connectivity index (χ4v) is 4.24. The molecule has 120 valence electrons. The topological polar surface area (TPSA) is 65.8 Å². The number of rotatable bonds is 6. The molecule has 7 heteroatoms. The summed E-state index contributed by atoms with van der Waals surface area (Å²) in [7, 11) is -3.45. The average Bonchev–Trinajstić information content (AvgIpc) is 2.92. The van der Waals surface area contributed by atoms with E-state index in [1.165, 1.54) is 0 Å². The van der Waals surface area contributed by atoms with Crippen LogP contribution >= 0.6 is 0 Å². The van der Waals surface area contributed by atoms with E-state index in [2.05, 4.69) is 11.8 Å². The van der Waals surface area contributed by atoms with Crippen LogP contribution in [0.4, 0.5) is 0 Å². The van der Waals surface area contributed by atoms with Crippen molar-refractivity contribution in [3.05, 3.63) is 18.0 Å². The van der Waals surface area contributed by atoms with Gasteiger partial charge < -0.3 is 14.6 Å². The van der Waals surface area contributed by atoms with E-state index >= 15 is 0 Å². The van der Waals surface area contributed by atoms with E-state index in [1.807, 2.05) is 6.92 Å². The van der Waals surface area contributed by atoms with Gasteiger partial charge in [-0.2, -0.15) is 4.31 Å². The summed E-state index contributed by atoms with van der Waals surface area (Å²) < 4.78 is 28.7. The van der Waals surface area contributed by atoms with E-state index in [0.29, 0.717) is 25.3 Å². The summed E-state index contributed by atoms with van der Waals surface area (Å²) >= 11 is 0. The molecule has 1 aromatic rings. The van der Waals surface area contributed by atoms with Crippen molar-refractivity contribution in [3.8, 4) is 0 Å². The molecule has 1 aliphatic rings. The Hall–Kier alpha value is -0.890. The van der Waals surface area contributed by atoms with Crippen molar-refractivity contribution >= 4 is 10.0 Å². The molecule has 0 aromatic carbocycles. The average molecular weight is 315 g/mol. The molecule has 2 heterocycles. The predicted octanol–water partition coefficient (Wildman–Crippen LogP) is 0.717. The van der Waals surface area contributed by atoms with Gasteiger partial charge in [-0.15, -0.1) is 0 Å². The van der Waals surface area contributed by atoms with Crippen molar-refractivity contribution in [2.75, 3.05) is 32.7 Å². The van der Waals surface area contributed by atoms with Gasteiger partial charge in [-0.3, -0.25) is 0 Å². The fraction of sp³-hybridized carbons (Fsp3) is 0.714. The highest BCUT2D eigenvalue weighted by atomic mass is 32.2. The molecule has 1 fully saturated rings. The summed E-state index contributed by atoms with van der Waals surface area (Å²) in [6.45, 7) is 8.23. The van der Waals surface area contributed by atoms with Crippen molar-refractivity contribution in [1.82, 2.24) is 13.8 Å². The first-order chi connectivity index (χ1) is 10.0. The normalized spacial score (nSPS) is 18.2. The molecule has 1 aromatic heterocycles. The Morgan fingerprint density at radius 1 is 1.19 bits per heavy atom. The summed E-state index contributed by atoms with van der Waals surface area (Å²) in [6, 6.07) is 1.58. The van der Waals surface area contributed by atoms with Gasteiger partial charge in [-0.25, -0.2) is 8.42 Å². The molecule has 1 aliphatic heterocycles. The number of aromatic nitrogens is 1. The van der Waals surface area contributed by atoms with Gasteiger partial charge in [0.25, 0.3) is 0 Å². The van der Waals surface area contributed by atoms with Gasteiger partial charge in [-0.1, -0.05) is 6.92 Å². The molecule has 1 N–H and O–H groups in total. The third-order valence-electron chi connectivity index (χ3n) is 3.97. The lowest BCUT2D eigenvalue weighted by atomic mass is 10.3. The molecule has 0 bridgehead atoms. The molecule has 0 unspecified atom stereocenters. The van der Waals surface area contributed by atoms with Gasteiger partial charge in [0.05, 0.1) is 6.61 Å². The maximum atomic E-state index is 12.7. The second kappa shape index (κ2) is 6.91. The number of hydrogen-bond acceptors (Lipinski definition) is 4. The van der Waals surface area contributed by atoms with Crippen molar-refractivity contribution in [2.45, 2.75) is 38.3 Å². The van der Waals surface area contributed by atoms with Crippen LogP contribution in [0.25, 0.3) is 0 Å². The highest BCUT2D eigenvalue weighted by Gasteiger charge is 2.29. The van der Waals surface area contributed by atoms with Crippen molar-refractivity contribution < 1.29 is 13.5 Å². The molecule has 21 heavy (non-hydrogen) atoms. The van der Waals surface area contributed by atoms with Gasteiger partial charge in [0.1, 0.15) is 4.90 Å². The first-order valence-corrected chi connectivity index (χ1v) is 8.99. The lowest BCUT2D eigenvalue weighted by Gasteiger charge is -2.33. The van der Waals surface area contributed by atoms with Crippen molar-refractivity contribution in [1.29, 1.82) is 0 Å². The highest BCUT2D eigenvalue weighted by molar-refractivity contribution is 7.89. The number of aliphatic hydroxyl groups is 1. The minimum absolute atomic E-state index is 0.145. The highest BCUT2D eigenvalue weighted by Crippen LogP contribution is 2.20. The zero-order chi connectivity index (χ0) is 15.5. The molecule has 6 nitrogen and oxygen atoms in total. The van der Waals surface area contributed by atoms with Crippen LogP contribution in [-0.4, -0.2) is 60.0 Å². The Kier molecular flexibility index (Phi) is 5.43. The largest absolute Gasteiger partial charge is 0.390 e. The van der Waals surface area contributed by atoms with Crippen LogP contribution in [-0.2, 0) is 23.2 Å². The van der Waals surface area contributed by atoms with Gasteiger partial charge in [0, 0.05) is 44.6 Å². The smallest absolute Gasteiger partial charge is 0.244 e. The Bertz CT molecular complexity index is 539. The summed E-state index contributed by atoms with van der Waals surface area (Å²) in [5, 5.41) is 9.30. The lowest BCUT2D eigenvalue weighted by molar-refractivity contribution is 0.188. The standard InChI is InChI=1S/C14H25N3O3S/c1-3-5-15-6-8-17(9-7-15)21(19,20)14-10-13(12-18)16(4-2)11-14/h10-11,18H,3-9,12H2,1-2H3. The minimum Gasteiger partial charge on any atom is -0.390 e. The van der Waals surface area contributed by atoms with Crippen LogP contribution in [0.15, 0.2) is 17.2 Å². The van der Waals surface area contributed by atoms with E-state index in [4.69, 9.17) is 0 Å². The number of aryl methyl sites for hydroxylation is 1. The molecule has 0 saturated carbocycles. The van der Waals surface area contributed by atoms with E-state index in [0.717, 1.165) is 26.1 Å². The number of aliphatic hydroxyl groups excluding tert-OH is 1.